The molecule has 0 atom stereocenters. The Bertz CT molecular complexity index is 1540. The third-order valence-corrected chi connectivity index (χ3v) is 6.50. The summed E-state index contributed by atoms with van der Waals surface area (Å²) in [7, 11) is 0. The van der Waals surface area contributed by atoms with Gasteiger partial charge in [-0.3, -0.25) is 14.9 Å². The van der Waals surface area contributed by atoms with Gasteiger partial charge < -0.3 is 5.32 Å². The Hall–Kier alpha value is -4.08. The van der Waals surface area contributed by atoms with Crippen molar-refractivity contribution in [3.8, 4) is 16.9 Å². The van der Waals surface area contributed by atoms with Crippen molar-refractivity contribution in [2.75, 3.05) is 5.32 Å². The number of carbonyl (C=O) groups excluding carboxylic acids is 1. The molecule has 3 aromatic heterocycles. The van der Waals surface area contributed by atoms with Gasteiger partial charge in [0, 0.05) is 16.7 Å². The van der Waals surface area contributed by atoms with Crippen LogP contribution in [0.1, 0.15) is 15.2 Å². The second-order valence-corrected chi connectivity index (χ2v) is 9.04. The molecular formula is C24H16ClN5O3S. The van der Waals surface area contributed by atoms with E-state index in [-0.39, 0.29) is 9.88 Å². The van der Waals surface area contributed by atoms with Gasteiger partial charge in [0.25, 0.3) is 5.91 Å². The molecule has 2 aromatic carbocycles. The Morgan fingerprint density at radius 3 is 2.50 bits per heavy atom. The second kappa shape index (κ2) is 8.69. The van der Waals surface area contributed by atoms with Crippen LogP contribution in [0.25, 0.3) is 27.8 Å². The number of halogens is 1. The molecule has 5 aromatic rings. The molecule has 5 rings (SSSR count). The van der Waals surface area contributed by atoms with Gasteiger partial charge in [-0.25, -0.2) is 9.67 Å². The van der Waals surface area contributed by atoms with Gasteiger partial charge >= 0.3 is 5.00 Å². The second-order valence-electron chi connectivity index (χ2n) is 7.54. The minimum atomic E-state index is -0.523. The number of benzene rings is 2. The summed E-state index contributed by atoms with van der Waals surface area (Å²) in [6, 6.07) is 19.8. The lowest BCUT2D eigenvalue weighted by Gasteiger charge is -2.10. The van der Waals surface area contributed by atoms with Gasteiger partial charge in [0.1, 0.15) is 5.82 Å². The Balaban J connectivity index is 1.63. The minimum Gasteiger partial charge on any atom is -0.305 e. The molecule has 0 unspecified atom stereocenters. The minimum absolute atomic E-state index is 0.106. The van der Waals surface area contributed by atoms with Gasteiger partial charge in [0.15, 0.2) is 0 Å². The smallest absolute Gasteiger partial charge is 0.305 e. The van der Waals surface area contributed by atoms with E-state index in [1.54, 1.807) is 23.0 Å². The summed E-state index contributed by atoms with van der Waals surface area (Å²) in [6.07, 6.45) is 1.64. The Labute approximate surface area is 202 Å². The number of hydrogen-bond donors (Lipinski definition) is 1. The number of anilines is 1. The van der Waals surface area contributed by atoms with Crippen molar-refractivity contribution >= 4 is 50.6 Å². The summed E-state index contributed by atoms with van der Waals surface area (Å²) >= 11 is 6.85. The van der Waals surface area contributed by atoms with Crippen molar-refractivity contribution in [2.24, 2.45) is 0 Å². The molecule has 34 heavy (non-hydrogen) atoms. The quantitative estimate of drug-likeness (QED) is 0.231. The normalized spacial score (nSPS) is 11.0. The van der Waals surface area contributed by atoms with Gasteiger partial charge in [-0.1, -0.05) is 52.8 Å². The maximum Gasteiger partial charge on any atom is 0.324 e. The van der Waals surface area contributed by atoms with Crippen molar-refractivity contribution in [1.29, 1.82) is 0 Å². The molecule has 0 aliphatic rings. The molecule has 0 radical (unpaired) electrons. The van der Waals surface area contributed by atoms with Gasteiger partial charge in [-0.15, -0.1) is 0 Å². The molecule has 0 aliphatic heterocycles. The summed E-state index contributed by atoms with van der Waals surface area (Å²) in [5.41, 5.74) is 4.16. The molecule has 0 aliphatic carbocycles. The van der Waals surface area contributed by atoms with E-state index in [1.807, 2.05) is 49.4 Å². The van der Waals surface area contributed by atoms with Crippen LogP contribution < -0.4 is 5.32 Å². The zero-order valence-corrected chi connectivity index (χ0v) is 19.3. The number of rotatable bonds is 5. The van der Waals surface area contributed by atoms with Crippen LogP contribution in [0.15, 0.2) is 72.9 Å². The standard InChI is InChI=1S/C24H16ClN5O3S/c1-14-2-8-17(9-3-14)29-20-12-19(15-4-6-16(25)7-5-15)27-23(18(20)13-26-29)28-24(31)21-10-11-22(34-21)30(32)33/h2-13H,1H3,(H,27,28,31). The third kappa shape index (κ3) is 4.14. The monoisotopic (exact) mass is 489 g/mol. The lowest BCUT2D eigenvalue weighted by molar-refractivity contribution is -0.380. The number of carbonyl (C=O) groups is 1. The number of nitrogens with zero attached hydrogens (tertiary/aromatic N) is 4. The molecule has 0 fully saturated rings. The van der Waals surface area contributed by atoms with Gasteiger partial charge in [-0.2, -0.15) is 5.10 Å². The molecule has 1 amide bonds. The number of hydrogen-bond acceptors (Lipinski definition) is 6. The Morgan fingerprint density at radius 2 is 1.82 bits per heavy atom. The summed E-state index contributed by atoms with van der Waals surface area (Å²) < 4.78 is 1.78. The number of fused-ring (bicyclic) bond motifs is 1. The van der Waals surface area contributed by atoms with Crippen molar-refractivity contribution < 1.29 is 9.72 Å². The summed E-state index contributed by atoms with van der Waals surface area (Å²) in [5, 5.41) is 19.5. The first-order chi connectivity index (χ1) is 16.4. The lowest BCUT2D eigenvalue weighted by Crippen LogP contribution is -2.12. The van der Waals surface area contributed by atoms with Crippen LogP contribution in [0.4, 0.5) is 10.8 Å². The van der Waals surface area contributed by atoms with Crippen molar-refractivity contribution in [2.45, 2.75) is 6.92 Å². The first-order valence-electron chi connectivity index (χ1n) is 10.2. The Morgan fingerprint density at radius 1 is 1.09 bits per heavy atom. The first kappa shape index (κ1) is 21.7. The zero-order valence-electron chi connectivity index (χ0n) is 17.7. The van der Waals surface area contributed by atoms with Crippen molar-refractivity contribution in [1.82, 2.24) is 14.8 Å². The van der Waals surface area contributed by atoms with Gasteiger partial charge in [0.05, 0.1) is 38.3 Å². The van der Waals surface area contributed by atoms with Crippen molar-refractivity contribution in [3.05, 3.63) is 98.5 Å². The molecule has 1 N–H and O–H groups in total. The lowest BCUT2D eigenvalue weighted by atomic mass is 10.1. The van der Waals surface area contributed by atoms with Gasteiger partial charge in [-0.05, 0) is 43.3 Å². The summed E-state index contributed by atoms with van der Waals surface area (Å²) in [6.45, 7) is 2.01. The maximum absolute atomic E-state index is 12.9. The average molecular weight is 490 g/mol. The fourth-order valence-corrected chi connectivity index (χ4v) is 4.34. The highest BCUT2D eigenvalue weighted by Gasteiger charge is 2.19. The highest BCUT2D eigenvalue weighted by Crippen LogP contribution is 2.31. The largest absolute Gasteiger partial charge is 0.324 e. The van der Waals surface area contributed by atoms with Crippen LogP contribution in [0.2, 0.25) is 5.02 Å². The summed E-state index contributed by atoms with van der Waals surface area (Å²) in [5.74, 6) is -0.176. The van der Waals surface area contributed by atoms with Crippen LogP contribution >= 0.6 is 22.9 Å². The molecule has 0 saturated carbocycles. The number of amides is 1. The number of pyridine rings is 1. The molecule has 0 bridgehead atoms. The topological polar surface area (TPSA) is 103 Å². The predicted octanol–water partition coefficient (Wildman–Crippen LogP) is 6.27. The average Bonchev–Trinajstić information content (AvgIpc) is 3.48. The molecule has 10 heteroatoms. The molecule has 3 heterocycles. The predicted molar refractivity (Wildman–Crippen MR) is 133 cm³/mol. The summed E-state index contributed by atoms with van der Waals surface area (Å²) in [4.78, 5) is 28.3. The fourth-order valence-electron chi connectivity index (χ4n) is 3.49. The van der Waals surface area contributed by atoms with E-state index in [2.05, 4.69) is 15.4 Å². The number of nitro groups is 1. The van der Waals surface area contributed by atoms with E-state index in [0.717, 1.165) is 33.7 Å². The van der Waals surface area contributed by atoms with Crippen LogP contribution in [0.5, 0.6) is 0 Å². The SMILES string of the molecule is Cc1ccc(-n2ncc3c(NC(=O)c4ccc([N+](=O)[O-])s4)nc(-c4ccc(Cl)cc4)cc32)cc1. The molecular weight excluding hydrogens is 474 g/mol. The van der Waals surface area contributed by atoms with E-state index < -0.39 is 10.8 Å². The number of aryl methyl sites for hydroxylation is 1. The van der Waals surface area contributed by atoms with E-state index in [9.17, 15) is 14.9 Å². The number of aromatic nitrogens is 3. The Kier molecular flexibility index (Phi) is 5.56. The first-order valence-corrected chi connectivity index (χ1v) is 11.4. The van der Waals surface area contributed by atoms with E-state index >= 15 is 0 Å². The molecule has 8 nitrogen and oxygen atoms in total. The van der Waals surface area contributed by atoms with E-state index in [1.165, 1.54) is 12.1 Å². The van der Waals surface area contributed by atoms with E-state index in [0.29, 0.717) is 21.9 Å². The number of nitrogens with one attached hydrogen (secondary N) is 1. The highest BCUT2D eigenvalue weighted by molar-refractivity contribution is 7.17. The third-order valence-electron chi connectivity index (χ3n) is 5.21. The molecule has 0 saturated heterocycles. The maximum atomic E-state index is 12.9. The van der Waals surface area contributed by atoms with Crippen LogP contribution in [0, 0.1) is 17.0 Å². The molecule has 168 valence electrons. The zero-order chi connectivity index (χ0) is 23.8. The van der Waals surface area contributed by atoms with E-state index in [4.69, 9.17) is 11.6 Å². The van der Waals surface area contributed by atoms with Crippen LogP contribution in [-0.4, -0.2) is 25.6 Å². The van der Waals surface area contributed by atoms with Crippen molar-refractivity contribution in [3.63, 3.8) is 0 Å². The van der Waals surface area contributed by atoms with Gasteiger partial charge in [0.2, 0.25) is 0 Å². The number of thiophene rings is 1. The fraction of sp³-hybridized carbons (Fsp3) is 0.0417. The van der Waals surface area contributed by atoms with Crippen LogP contribution in [0.3, 0.4) is 0 Å². The van der Waals surface area contributed by atoms with Crippen LogP contribution in [-0.2, 0) is 0 Å². The molecule has 0 spiro atoms. The highest BCUT2D eigenvalue weighted by atomic mass is 35.5.